The highest BCUT2D eigenvalue weighted by Gasteiger charge is 1.97. The molecular formula is C8H12IN3O. The molecule has 13 heavy (non-hydrogen) atoms. The van der Waals surface area contributed by atoms with Crippen LogP contribution in [0.4, 0.5) is 5.82 Å². The highest BCUT2D eigenvalue weighted by Crippen LogP contribution is 2.11. The summed E-state index contributed by atoms with van der Waals surface area (Å²) < 4.78 is 1.02. The van der Waals surface area contributed by atoms with Crippen LogP contribution in [0.25, 0.3) is 0 Å². The van der Waals surface area contributed by atoms with Gasteiger partial charge in [-0.15, -0.1) is 0 Å². The number of anilines is 1. The van der Waals surface area contributed by atoms with E-state index in [4.69, 9.17) is 5.11 Å². The fourth-order valence-electron chi connectivity index (χ4n) is 0.886. The number of nitrogens with one attached hydrogen (secondary N) is 1. The summed E-state index contributed by atoms with van der Waals surface area (Å²) in [4.78, 5) is 7.97. The number of aliphatic hydroxyl groups is 1. The van der Waals surface area contributed by atoms with Crippen molar-refractivity contribution in [2.24, 2.45) is 0 Å². The van der Waals surface area contributed by atoms with Gasteiger partial charge in [0.1, 0.15) is 12.1 Å². The number of hydrogen-bond donors (Lipinski definition) is 2. The van der Waals surface area contributed by atoms with Crippen molar-refractivity contribution >= 4 is 28.4 Å². The Morgan fingerprint density at radius 3 is 3.00 bits per heavy atom. The van der Waals surface area contributed by atoms with Crippen LogP contribution in [0.15, 0.2) is 12.5 Å². The van der Waals surface area contributed by atoms with E-state index in [0.29, 0.717) is 0 Å². The smallest absolute Gasteiger partial charge is 0.142 e. The summed E-state index contributed by atoms with van der Waals surface area (Å²) in [7, 11) is 0. The van der Waals surface area contributed by atoms with Crippen LogP contribution in [0, 0.1) is 3.57 Å². The molecule has 0 atom stereocenters. The zero-order valence-corrected chi connectivity index (χ0v) is 9.36. The van der Waals surface area contributed by atoms with Crippen molar-refractivity contribution in [1.82, 2.24) is 9.97 Å². The van der Waals surface area contributed by atoms with Crippen LogP contribution in [0.1, 0.15) is 12.8 Å². The fraction of sp³-hybridized carbons (Fsp3) is 0.500. The van der Waals surface area contributed by atoms with Gasteiger partial charge >= 0.3 is 0 Å². The molecule has 72 valence electrons. The van der Waals surface area contributed by atoms with E-state index in [1.54, 1.807) is 6.20 Å². The second-order valence-electron chi connectivity index (χ2n) is 2.58. The highest BCUT2D eigenvalue weighted by atomic mass is 127. The molecule has 0 spiro atoms. The van der Waals surface area contributed by atoms with Crippen molar-refractivity contribution < 1.29 is 5.11 Å². The predicted octanol–water partition coefficient (Wildman–Crippen LogP) is 1.27. The number of aromatic nitrogens is 2. The van der Waals surface area contributed by atoms with Gasteiger partial charge in [-0.05, 0) is 35.4 Å². The van der Waals surface area contributed by atoms with Crippen molar-refractivity contribution in [1.29, 1.82) is 0 Å². The van der Waals surface area contributed by atoms with Gasteiger partial charge in [0.15, 0.2) is 0 Å². The molecule has 0 aliphatic rings. The van der Waals surface area contributed by atoms with Crippen LogP contribution in [-0.4, -0.2) is 28.2 Å². The monoisotopic (exact) mass is 293 g/mol. The van der Waals surface area contributed by atoms with E-state index in [-0.39, 0.29) is 6.61 Å². The van der Waals surface area contributed by atoms with Gasteiger partial charge in [0.05, 0.1) is 3.57 Å². The summed E-state index contributed by atoms with van der Waals surface area (Å²) in [6.45, 7) is 1.09. The average Bonchev–Trinajstić information content (AvgIpc) is 2.15. The molecule has 1 rings (SSSR count). The zero-order valence-electron chi connectivity index (χ0n) is 7.20. The predicted molar refractivity (Wildman–Crippen MR) is 59.6 cm³/mol. The number of nitrogens with zero attached hydrogens (tertiary/aromatic N) is 2. The molecule has 0 aliphatic heterocycles. The zero-order chi connectivity index (χ0) is 9.52. The van der Waals surface area contributed by atoms with Crippen LogP contribution in [0.5, 0.6) is 0 Å². The molecular weight excluding hydrogens is 281 g/mol. The third-order valence-corrected chi connectivity index (χ3v) is 2.33. The summed E-state index contributed by atoms with van der Waals surface area (Å²) in [6, 6.07) is 0. The minimum absolute atomic E-state index is 0.253. The van der Waals surface area contributed by atoms with Gasteiger partial charge < -0.3 is 10.4 Å². The second-order valence-corrected chi connectivity index (χ2v) is 3.74. The average molecular weight is 293 g/mol. The summed E-state index contributed by atoms with van der Waals surface area (Å²) in [5.74, 6) is 0.869. The molecule has 0 amide bonds. The molecule has 1 heterocycles. The summed E-state index contributed by atoms with van der Waals surface area (Å²) in [6.07, 6.45) is 5.07. The van der Waals surface area contributed by atoms with Crippen molar-refractivity contribution in [3.05, 3.63) is 16.1 Å². The first-order chi connectivity index (χ1) is 6.34. The van der Waals surface area contributed by atoms with Crippen molar-refractivity contribution in [2.45, 2.75) is 12.8 Å². The maximum absolute atomic E-state index is 8.56. The second kappa shape index (κ2) is 6.09. The van der Waals surface area contributed by atoms with Crippen LogP contribution in [0.2, 0.25) is 0 Å². The molecule has 1 aromatic heterocycles. The van der Waals surface area contributed by atoms with Crippen LogP contribution in [-0.2, 0) is 0 Å². The Morgan fingerprint density at radius 1 is 1.46 bits per heavy atom. The third kappa shape index (κ3) is 3.86. The summed E-state index contributed by atoms with van der Waals surface area (Å²) >= 11 is 2.18. The molecule has 0 aromatic carbocycles. The number of hydrogen-bond acceptors (Lipinski definition) is 4. The molecule has 0 unspecified atom stereocenters. The number of aliphatic hydroxyl groups excluding tert-OH is 1. The Hall–Kier alpha value is -0.430. The van der Waals surface area contributed by atoms with Crippen molar-refractivity contribution in [3.63, 3.8) is 0 Å². The molecule has 0 aliphatic carbocycles. The van der Waals surface area contributed by atoms with E-state index < -0.39 is 0 Å². The fourth-order valence-corrected chi connectivity index (χ4v) is 1.38. The quantitative estimate of drug-likeness (QED) is 0.634. The van der Waals surface area contributed by atoms with Gasteiger partial charge in [-0.3, -0.25) is 0 Å². The summed E-state index contributed by atoms with van der Waals surface area (Å²) in [5, 5.41) is 11.7. The van der Waals surface area contributed by atoms with E-state index in [2.05, 4.69) is 37.9 Å². The molecule has 2 N–H and O–H groups in total. The molecule has 1 aromatic rings. The van der Waals surface area contributed by atoms with Crippen LogP contribution >= 0.6 is 22.6 Å². The van der Waals surface area contributed by atoms with Crippen LogP contribution < -0.4 is 5.32 Å². The van der Waals surface area contributed by atoms with E-state index >= 15 is 0 Å². The van der Waals surface area contributed by atoms with E-state index in [1.807, 2.05) is 0 Å². The number of halogens is 1. The normalized spacial score (nSPS) is 10.0. The van der Waals surface area contributed by atoms with Crippen molar-refractivity contribution in [3.8, 4) is 0 Å². The minimum atomic E-state index is 0.253. The Kier molecular flexibility index (Phi) is 4.99. The molecule has 0 saturated heterocycles. The number of rotatable bonds is 5. The maximum Gasteiger partial charge on any atom is 0.142 e. The topological polar surface area (TPSA) is 58.0 Å². The molecule has 0 bridgehead atoms. The maximum atomic E-state index is 8.56. The third-order valence-electron chi connectivity index (χ3n) is 1.54. The van der Waals surface area contributed by atoms with Crippen LogP contribution in [0.3, 0.4) is 0 Å². The van der Waals surface area contributed by atoms with E-state index in [9.17, 15) is 0 Å². The molecule has 0 saturated carbocycles. The first-order valence-corrected chi connectivity index (χ1v) is 5.22. The number of unbranched alkanes of at least 4 members (excludes halogenated alkanes) is 1. The standard InChI is InChI=1S/C8H12IN3O/c9-7-5-10-6-12-8(7)11-3-1-2-4-13/h5-6,13H,1-4H2,(H,10,11,12). The molecule has 4 nitrogen and oxygen atoms in total. The lowest BCUT2D eigenvalue weighted by Gasteiger charge is -2.05. The van der Waals surface area contributed by atoms with Gasteiger partial charge in [-0.25, -0.2) is 9.97 Å². The molecule has 0 radical (unpaired) electrons. The Bertz CT molecular complexity index is 257. The lowest BCUT2D eigenvalue weighted by Crippen LogP contribution is -2.05. The minimum Gasteiger partial charge on any atom is -0.396 e. The van der Waals surface area contributed by atoms with Gasteiger partial charge in [0.2, 0.25) is 0 Å². The van der Waals surface area contributed by atoms with Gasteiger partial charge in [-0.2, -0.15) is 0 Å². The van der Waals surface area contributed by atoms with Gasteiger partial charge in [0, 0.05) is 19.3 Å². The van der Waals surface area contributed by atoms with Gasteiger partial charge in [0.25, 0.3) is 0 Å². The largest absolute Gasteiger partial charge is 0.396 e. The Morgan fingerprint density at radius 2 is 2.31 bits per heavy atom. The lowest BCUT2D eigenvalue weighted by molar-refractivity contribution is 0.286. The molecule has 0 fully saturated rings. The first kappa shape index (κ1) is 10.6. The van der Waals surface area contributed by atoms with E-state index in [0.717, 1.165) is 28.8 Å². The first-order valence-electron chi connectivity index (χ1n) is 4.15. The molecule has 5 heteroatoms. The van der Waals surface area contributed by atoms with E-state index in [1.165, 1.54) is 6.33 Å². The Balaban J connectivity index is 2.32. The highest BCUT2D eigenvalue weighted by molar-refractivity contribution is 14.1. The van der Waals surface area contributed by atoms with Crippen molar-refractivity contribution in [2.75, 3.05) is 18.5 Å². The SMILES string of the molecule is OCCCCNc1ncncc1I. The Labute approximate surface area is 90.9 Å². The lowest BCUT2D eigenvalue weighted by atomic mass is 10.3. The summed E-state index contributed by atoms with van der Waals surface area (Å²) in [5.41, 5.74) is 0. The van der Waals surface area contributed by atoms with Gasteiger partial charge in [-0.1, -0.05) is 0 Å².